The van der Waals surface area contributed by atoms with Gasteiger partial charge in [-0.25, -0.2) is 4.79 Å². The van der Waals surface area contributed by atoms with Crippen molar-refractivity contribution >= 4 is 23.5 Å². The number of hydrogen-bond donors (Lipinski definition) is 3. The van der Waals surface area contributed by atoms with Crippen LogP contribution >= 0.6 is 11.6 Å². The van der Waals surface area contributed by atoms with Gasteiger partial charge >= 0.3 is 6.03 Å². The molecule has 1 aliphatic heterocycles. The summed E-state index contributed by atoms with van der Waals surface area (Å²) in [4.78, 5) is 27.1. The zero-order valence-electron chi connectivity index (χ0n) is 15.0. The van der Waals surface area contributed by atoms with Crippen molar-refractivity contribution in [2.75, 3.05) is 26.2 Å². The number of rotatable bonds is 3. The zero-order valence-corrected chi connectivity index (χ0v) is 15.7. The number of H-pyrrole nitrogens is 1. The van der Waals surface area contributed by atoms with Gasteiger partial charge in [-0.1, -0.05) is 23.7 Å². The minimum absolute atomic E-state index is 0.109. The number of nitrogens with zero attached hydrogens (tertiary/aromatic N) is 3. The minimum atomic E-state index is -0.763. The summed E-state index contributed by atoms with van der Waals surface area (Å²) in [6.45, 7) is 2.95. The Morgan fingerprint density at radius 1 is 1.26 bits per heavy atom. The summed E-state index contributed by atoms with van der Waals surface area (Å²) >= 11 is 5.92. The molecule has 1 fully saturated rings. The molecule has 1 aromatic heterocycles. The van der Waals surface area contributed by atoms with Gasteiger partial charge in [-0.15, -0.1) is 0 Å². The quantitative estimate of drug-likeness (QED) is 0.737. The summed E-state index contributed by atoms with van der Waals surface area (Å²) in [5.41, 5.74) is 2.57. The Hall–Kier alpha value is -2.58. The number of carbonyl (C=O) groups is 2. The Morgan fingerprint density at radius 3 is 2.63 bits per heavy atom. The highest BCUT2D eigenvalue weighted by Gasteiger charge is 2.25. The first-order valence-corrected chi connectivity index (χ1v) is 9.06. The third-order valence-corrected chi connectivity index (χ3v) is 4.77. The van der Waals surface area contributed by atoms with E-state index in [1.54, 1.807) is 23.2 Å². The van der Waals surface area contributed by atoms with Gasteiger partial charge < -0.3 is 20.2 Å². The van der Waals surface area contributed by atoms with E-state index in [4.69, 9.17) is 11.6 Å². The maximum atomic E-state index is 12.5. The fourth-order valence-electron chi connectivity index (χ4n) is 3.06. The van der Waals surface area contributed by atoms with E-state index in [1.807, 2.05) is 12.1 Å². The molecule has 144 valence electrons. The molecule has 3 rings (SSSR count). The Kier molecular flexibility index (Phi) is 5.98. The van der Waals surface area contributed by atoms with Gasteiger partial charge in [0.05, 0.1) is 24.5 Å². The largest absolute Gasteiger partial charge is 0.389 e. The summed E-state index contributed by atoms with van der Waals surface area (Å²) < 4.78 is 0. The van der Waals surface area contributed by atoms with E-state index in [2.05, 4.69) is 15.5 Å². The highest BCUT2D eigenvalue weighted by atomic mass is 35.5. The molecular weight excluding hydrogens is 370 g/mol. The van der Waals surface area contributed by atoms with Crippen LogP contribution in [0.4, 0.5) is 4.79 Å². The number of aliphatic hydroxyl groups excluding tert-OH is 1. The smallest absolute Gasteiger partial charge is 0.317 e. The van der Waals surface area contributed by atoms with Gasteiger partial charge in [-0.3, -0.25) is 9.89 Å². The number of amides is 3. The third kappa shape index (κ3) is 4.78. The molecule has 1 aromatic carbocycles. The van der Waals surface area contributed by atoms with Crippen molar-refractivity contribution in [3.63, 3.8) is 0 Å². The van der Waals surface area contributed by atoms with Crippen molar-refractivity contribution < 1.29 is 14.7 Å². The first-order chi connectivity index (χ1) is 12.9. The number of urea groups is 1. The van der Waals surface area contributed by atoms with E-state index < -0.39 is 6.10 Å². The number of hydrogen-bond acceptors (Lipinski definition) is 4. The molecule has 0 bridgehead atoms. The molecule has 2 heterocycles. The van der Waals surface area contributed by atoms with Crippen molar-refractivity contribution in [3.8, 4) is 11.3 Å². The number of β-amino-alcohol motifs (C(OH)–C–C–N with tert-alkyl or cyclic N) is 1. The lowest BCUT2D eigenvalue weighted by molar-refractivity contribution is -0.129. The predicted octanol–water partition coefficient (Wildman–Crippen LogP) is 1.46. The highest BCUT2D eigenvalue weighted by Crippen LogP contribution is 2.22. The van der Waals surface area contributed by atoms with Crippen LogP contribution in [0.2, 0.25) is 5.02 Å². The Balaban J connectivity index is 1.62. The van der Waals surface area contributed by atoms with Gasteiger partial charge in [0, 0.05) is 43.7 Å². The average molecular weight is 392 g/mol. The SMILES string of the molecule is CC(=O)N1CCN(C(=O)NCc2cn[nH]c2-c2ccc(Cl)cc2)CC(O)C1. The lowest BCUT2D eigenvalue weighted by atomic mass is 10.1. The molecule has 0 aliphatic carbocycles. The van der Waals surface area contributed by atoms with Crippen LogP contribution in [0.1, 0.15) is 12.5 Å². The average Bonchev–Trinajstić information content (AvgIpc) is 3.01. The molecule has 0 spiro atoms. The number of aromatic amines is 1. The number of carbonyl (C=O) groups excluding carboxylic acids is 2. The molecule has 1 aliphatic rings. The van der Waals surface area contributed by atoms with Crippen LogP contribution in [0.3, 0.4) is 0 Å². The van der Waals surface area contributed by atoms with Gasteiger partial charge in [0.25, 0.3) is 0 Å². The third-order valence-electron chi connectivity index (χ3n) is 4.52. The van der Waals surface area contributed by atoms with Crippen LogP contribution in [0.25, 0.3) is 11.3 Å². The second-order valence-corrected chi connectivity index (χ2v) is 6.94. The van der Waals surface area contributed by atoms with Crippen LogP contribution in [0, 0.1) is 0 Å². The molecule has 0 saturated carbocycles. The lowest BCUT2D eigenvalue weighted by Crippen LogP contribution is -2.43. The monoisotopic (exact) mass is 391 g/mol. The van der Waals surface area contributed by atoms with Crippen molar-refractivity contribution in [3.05, 3.63) is 41.0 Å². The topological polar surface area (TPSA) is 102 Å². The first-order valence-electron chi connectivity index (χ1n) is 8.68. The normalized spacial score (nSPS) is 17.5. The van der Waals surface area contributed by atoms with E-state index in [0.29, 0.717) is 18.1 Å². The summed E-state index contributed by atoms with van der Waals surface area (Å²) in [5.74, 6) is -0.109. The Labute approximate surface area is 162 Å². The fraction of sp³-hybridized carbons (Fsp3) is 0.389. The molecule has 1 atom stereocenters. The number of aromatic nitrogens is 2. The molecule has 3 N–H and O–H groups in total. The van der Waals surface area contributed by atoms with E-state index in [9.17, 15) is 14.7 Å². The maximum Gasteiger partial charge on any atom is 0.317 e. The van der Waals surface area contributed by atoms with Crippen LogP contribution in [-0.4, -0.2) is 69.3 Å². The first kappa shape index (κ1) is 19.2. The fourth-order valence-corrected chi connectivity index (χ4v) is 3.18. The lowest BCUT2D eigenvalue weighted by Gasteiger charge is -2.22. The molecule has 1 unspecified atom stereocenters. The molecule has 3 amide bonds. The number of nitrogens with one attached hydrogen (secondary N) is 2. The standard InChI is InChI=1S/C18H22ClN5O3/c1-12(25)23-6-7-24(11-16(26)10-23)18(27)20-8-14-9-21-22-17(14)13-2-4-15(19)5-3-13/h2-5,9,16,26H,6-8,10-11H2,1H3,(H,20,27)(H,21,22). The molecule has 9 heteroatoms. The zero-order chi connectivity index (χ0) is 19.4. The second kappa shape index (κ2) is 8.41. The Bertz CT molecular complexity index is 808. The van der Waals surface area contributed by atoms with Crippen LogP contribution in [0.5, 0.6) is 0 Å². The molecule has 2 aromatic rings. The van der Waals surface area contributed by atoms with E-state index in [1.165, 1.54) is 11.8 Å². The van der Waals surface area contributed by atoms with Gasteiger partial charge in [-0.05, 0) is 17.7 Å². The van der Waals surface area contributed by atoms with Crippen LogP contribution in [0.15, 0.2) is 30.5 Å². The minimum Gasteiger partial charge on any atom is -0.389 e. The molecular formula is C18H22ClN5O3. The Morgan fingerprint density at radius 2 is 1.93 bits per heavy atom. The summed E-state index contributed by atoms with van der Waals surface area (Å²) in [6, 6.07) is 7.05. The van der Waals surface area contributed by atoms with Gasteiger partial charge in [0.1, 0.15) is 0 Å². The maximum absolute atomic E-state index is 12.5. The molecule has 1 saturated heterocycles. The van der Waals surface area contributed by atoms with Gasteiger partial charge in [0.15, 0.2) is 0 Å². The van der Waals surface area contributed by atoms with Crippen molar-refractivity contribution in [2.24, 2.45) is 0 Å². The van der Waals surface area contributed by atoms with Gasteiger partial charge in [0.2, 0.25) is 5.91 Å². The van der Waals surface area contributed by atoms with Crippen molar-refractivity contribution in [1.29, 1.82) is 0 Å². The van der Waals surface area contributed by atoms with Crippen molar-refractivity contribution in [1.82, 2.24) is 25.3 Å². The number of benzene rings is 1. The number of aliphatic hydroxyl groups is 1. The highest BCUT2D eigenvalue weighted by molar-refractivity contribution is 6.30. The van der Waals surface area contributed by atoms with Crippen LogP contribution < -0.4 is 5.32 Å². The molecule has 0 radical (unpaired) electrons. The van der Waals surface area contributed by atoms with E-state index in [0.717, 1.165) is 16.8 Å². The second-order valence-electron chi connectivity index (χ2n) is 6.50. The van der Waals surface area contributed by atoms with E-state index >= 15 is 0 Å². The molecule has 27 heavy (non-hydrogen) atoms. The van der Waals surface area contributed by atoms with E-state index in [-0.39, 0.29) is 31.6 Å². The summed E-state index contributed by atoms with van der Waals surface area (Å²) in [7, 11) is 0. The predicted molar refractivity (Wildman–Crippen MR) is 101 cm³/mol. The summed E-state index contributed by atoms with van der Waals surface area (Å²) in [6.07, 6.45) is 0.902. The number of halogens is 1. The van der Waals surface area contributed by atoms with Crippen LogP contribution in [-0.2, 0) is 11.3 Å². The molecule has 8 nitrogen and oxygen atoms in total. The summed E-state index contributed by atoms with van der Waals surface area (Å²) in [5, 5.41) is 20.6. The van der Waals surface area contributed by atoms with Crippen molar-refractivity contribution in [2.45, 2.75) is 19.6 Å². The van der Waals surface area contributed by atoms with Gasteiger partial charge in [-0.2, -0.15) is 5.10 Å².